The molecule has 2 aromatic rings. The van der Waals surface area contributed by atoms with Gasteiger partial charge < -0.3 is 16.0 Å². The number of hydrogen-bond donors (Lipinski definition) is 3. The van der Waals surface area contributed by atoms with Gasteiger partial charge in [-0.05, 0) is 12.1 Å². The van der Waals surface area contributed by atoms with Crippen LogP contribution in [0.1, 0.15) is 20.8 Å². The van der Waals surface area contributed by atoms with E-state index >= 15 is 0 Å². The zero-order valence-corrected chi connectivity index (χ0v) is 13.8. The summed E-state index contributed by atoms with van der Waals surface area (Å²) >= 11 is 5.98. The van der Waals surface area contributed by atoms with Gasteiger partial charge >= 0.3 is 0 Å². The minimum absolute atomic E-state index is 0.0795. The Morgan fingerprint density at radius 2 is 1.92 bits per heavy atom. The van der Waals surface area contributed by atoms with Crippen LogP contribution in [0.5, 0.6) is 0 Å². The summed E-state index contributed by atoms with van der Waals surface area (Å²) in [6.45, 7) is -0.160. The molecule has 0 spiro atoms. The molecule has 3 N–H and O–H groups in total. The number of hydrogen-bond acceptors (Lipinski definition) is 4. The lowest BCUT2D eigenvalue weighted by molar-refractivity contribution is -0.119. The molecular formula is C15H16ClN5O3. The molecule has 1 heterocycles. The minimum atomic E-state index is -0.521. The number of carbonyl (C=O) groups is 3. The number of rotatable bonds is 5. The zero-order valence-electron chi connectivity index (χ0n) is 13.1. The van der Waals surface area contributed by atoms with Crippen LogP contribution in [0.2, 0.25) is 5.02 Å². The molecule has 0 saturated carbocycles. The highest BCUT2D eigenvalue weighted by molar-refractivity contribution is 6.34. The molecule has 1 aromatic carbocycles. The fourth-order valence-corrected chi connectivity index (χ4v) is 2.09. The van der Waals surface area contributed by atoms with Crippen LogP contribution >= 0.6 is 11.6 Å². The maximum Gasteiger partial charge on any atom is 0.272 e. The maximum absolute atomic E-state index is 12.2. The van der Waals surface area contributed by atoms with Crippen molar-refractivity contribution in [3.63, 3.8) is 0 Å². The summed E-state index contributed by atoms with van der Waals surface area (Å²) in [7, 11) is 3.05. The lowest BCUT2D eigenvalue weighted by Gasteiger charge is -2.06. The topological polar surface area (TPSA) is 105 Å². The molecule has 0 bridgehead atoms. The number of nitrogens with zero attached hydrogens (tertiary/aromatic N) is 2. The number of halogens is 1. The first-order valence-corrected chi connectivity index (χ1v) is 7.39. The van der Waals surface area contributed by atoms with Crippen molar-refractivity contribution in [2.75, 3.05) is 18.9 Å². The third-order valence-electron chi connectivity index (χ3n) is 3.16. The second-order valence-electron chi connectivity index (χ2n) is 4.83. The molecule has 24 heavy (non-hydrogen) atoms. The van der Waals surface area contributed by atoms with E-state index in [0.717, 1.165) is 0 Å². The van der Waals surface area contributed by atoms with Crippen LogP contribution in [0, 0.1) is 0 Å². The van der Waals surface area contributed by atoms with E-state index in [-0.39, 0.29) is 18.1 Å². The molecule has 0 atom stereocenters. The number of nitrogens with one attached hydrogen (secondary N) is 3. The highest BCUT2D eigenvalue weighted by atomic mass is 35.5. The average molecular weight is 350 g/mol. The van der Waals surface area contributed by atoms with Crippen molar-refractivity contribution < 1.29 is 14.4 Å². The van der Waals surface area contributed by atoms with Gasteiger partial charge in [0.05, 0.1) is 17.1 Å². The van der Waals surface area contributed by atoms with E-state index in [1.807, 2.05) is 0 Å². The molecule has 0 radical (unpaired) electrons. The van der Waals surface area contributed by atoms with E-state index in [2.05, 4.69) is 21.0 Å². The van der Waals surface area contributed by atoms with Crippen LogP contribution in [-0.4, -0.2) is 41.1 Å². The van der Waals surface area contributed by atoms with Gasteiger partial charge in [-0.25, -0.2) is 0 Å². The predicted octanol–water partition coefficient (Wildman–Crippen LogP) is 0.802. The molecule has 2 rings (SSSR count). The third-order valence-corrected chi connectivity index (χ3v) is 3.49. The fraction of sp³-hybridized carbons (Fsp3) is 0.200. The first-order valence-electron chi connectivity index (χ1n) is 7.01. The van der Waals surface area contributed by atoms with Gasteiger partial charge in [0.2, 0.25) is 5.91 Å². The van der Waals surface area contributed by atoms with Gasteiger partial charge in [-0.1, -0.05) is 23.7 Å². The summed E-state index contributed by atoms with van der Waals surface area (Å²) < 4.78 is 1.35. The van der Waals surface area contributed by atoms with Crippen molar-refractivity contribution in [2.45, 2.75) is 0 Å². The van der Waals surface area contributed by atoms with E-state index in [0.29, 0.717) is 16.4 Å². The fourth-order valence-electron chi connectivity index (χ4n) is 1.86. The Bertz CT molecular complexity index is 787. The Labute approximate surface area is 143 Å². The Hall–Kier alpha value is -2.87. The number of aryl methyl sites for hydroxylation is 1. The van der Waals surface area contributed by atoms with Crippen molar-refractivity contribution in [1.29, 1.82) is 0 Å². The second-order valence-corrected chi connectivity index (χ2v) is 5.24. The van der Waals surface area contributed by atoms with E-state index in [1.165, 1.54) is 17.8 Å². The lowest BCUT2D eigenvalue weighted by Crippen LogP contribution is -2.35. The summed E-state index contributed by atoms with van der Waals surface area (Å²) in [5.41, 5.74) is 0.391. The third kappa shape index (κ3) is 4.11. The van der Waals surface area contributed by atoms with Crippen LogP contribution in [0.25, 0.3) is 0 Å². The summed E-state index contributed by atoms with van der Waals surface area (Å²) in [5, 5.41) is 11.8. The van der Waals surface area contributed by atoms with Gasteiger partial charge in [-0.3, -0.25) is 19.1 Å². The highest BCUT2D eigenvalue weighted by Crippen LogP contribution is 2.17. The largest absolute Gasteiger partial charge is 0.358 e. The second kappa shape index (κ2) is 7.60. The minimum Gasteiger partial charge on any atom is -0.358 e. The Morgan fingerprint density at radius 1 is 1.21 bits per heavy atom. The lowest BCUT2D eigenvalue weighted by atomic mass is 10.2. The molecule has 0 aliphatic rings. The van der Waals surface area contributed by atoms with E-state index < -0.39 is 11.8 Å². The van der Waals surface area contributed by atoms with E-state index in [1.54, 1.807) is 31.3 Å². The number of amides is 3. The monoisotopic (exact) mass is 349 g/mol. The molecule has 0 saturated heterocycles. The van der Waals surface area contributed by atoms with Gasteiger partial charge in [-0.2, -0.15) is 5.10 Å². The highest BCUT2D eigenvalue weighted by Gasteiger charge is 2.16. The van der Waals surface area contributed by atoms with Crippen LogP contribution in [0.15, 0.2) is 30.3 Å². The molecular weight excluding hydrogens is 334 g/mol. The molecule has 8 nitrogen and oxygen atoms in total. The van der Waals surface area contributed by atoms with Crippen LogP contribution in [0.3, 0.4) is 0 Å². The molecule has 0 aliphatic carbocycles. The van der Waals surface area contributed by atoms with Crippen LogP contribution in [-0.2, 0) is 11.8 Å². The van der Waals surface area contributed by atoms with Crippen molar-refractivity contribution >= 4 is 35.1 Å². The quantitative estimate of drug-likeness (QED) is 0.742. The number of likely N-dealkylation sites (N-methyl/N-ethyl adjacent to an activating group) is 1. The average Bonchev–Trinajstić information content (AvgIpc) is 2.93. The zero-order chi connectivity index (χ0) is 17.7. The van der Waals surface area contributed by atoms with Gasteiger partial charge in [0, 0.05) is 20.2 Å². The summed E-state index contributed by atoms with van der Waals surface area (Å²) in [4.78, 5) is 35.3. The van der Waals surface area contributed by atoms with Crippen molar-refractivity contribution in [3.05, 3.63) is 46.6 Å². The summed E-state index contributed by atoms with van der Waals surface area (Å²) in [6.07, 6.45) is 0. The molecule has 1 aromatic heterocycles. The summed E-state index contributed by atoms with van der Waals surface area (Å²) in [5.74, 6) is -0.940. The van der Waals surface area contributed by atoms with Gasteiger partial charge in [0.1, 0.15) is 5.82 Å². The SMILES string of the molecule is CNC(=O)CNC(=O)c1cc(NC(=O)c2ccccc2Cl)n(C)n1. The van der Waals surface area contributed by atoms with Gasteiger partial charge in [0.25, 0.3) is 11.8 Å². The molecule has 0 aliphatic heterocycles. The maximum atomic E-state index is 12.2. The smallest absolute Gasteiger partial charge is 0.272 e. The van der Waals surface area contributed by atoms with Gasteiger partial charge in [0.15, 0.2) is 5.69 Å². The Morgan fingerprint density at radius 3 is 2.58 bits per heavy atom. The van der Waals surface area contributed by atoms with Crippen molar-refractivity contribution in [2.24, 2.45) is 7.05 Å². The first kappa shape index (κ1) is 17.5. The molecule has 126 valence electrons. The Balaban J connectivity index is 2.09. The molecule has 0 fully saturated rings. The standard InChI is InChI=1S/C15H16ClN5O3/c1-17-13(22)8-18-15(24)11-7-12(21(2)20-11)19-14(23)9-5-3-4-6-10(9)16/h3-7H,8H2,1-2H3,(H,17,22)(H,18,24)(H,19,23). The van der Waals surface area contributed by atoms with Crippen molar-refractivity contribution in [3.8, 4) is 0 Å². The number of carbonyl (C=O) groups excluding carboxylic acids is 3. The van der Waals surface area contributed by atoms with E-state index in [4.69, 9.17) is 11.6 Å². The van der Waals surface area contributed by atoms with Crippen molar-refractivity contribution in [1.82, 2.24) is 20.4 Å². The molecule has 0 unspecified atom stereocenters. The normalized spacial score (nSPS) is 10.1. The van der Waals surface area contributed by atoms with Crippen LogP contribution in [0.4, 0.5) is 5.82 Å². The predicted molar refractivity (Wildman–Crippen MR) is 89.0 cm³/mol. The number of anilines is 1. The summed E-state index contributed by atoms with van der Waals surface area (Å²) in [6, 6.07) is 8.02. The first-order chi connectivity index (χ1) is 11.4. The number of aromatic nitrogens is 2. The van der Waals surface area contributed by atoms with Crippen LogP contribution < -0.4 is 16.0 Å². The Kier molecular flexibility index (Phi) is 5.54. The van der Waals surface area contributed by atoms with Gasteiger partial charge in [-0.15, -0.1) is 0 Å². The number of benzene rings is 1. The molecule has 9 heteroatoms. The van der Waals surface area contributed by atoms with E-state index in [9.17, 15) is 14.4 Å². The molecule has 3 amide bonds.